The Morgan fingerprint density at radius 1 is 1.00 bits per heavy atom. The minimum absolute atomic E-state index is 0.0536. The lowest BCUT2D eigenvalue weighted by Gasteiger charge is -2.63. The number of nitrogens with zero attached hydrogens (tertiary/aromatic N) is 5. The highest BCUT2D eigenvalue weighted by Gasteiger charge is 2.59. The van der Waals surface area contributed by atoms with Crippen molar-refractivity contribution in [3.63, 3.8) is 0 Å². The Hall–Kier alpha value is -3.23. The zero-order chi connectivity index (χ0) is 28.1. The van der Waals surface area contributed by atoms with E-state index in [4.69, 9.17) is 5.26 Å². The fourth-order valence-electron chi connectivity index (χ4n) is 7.88. The van der Waals surface area contributed by atoms with E-state index in [1.165, 1.54) is 6.07 Å². The highest BCUT2D eigenvalue weighted by Crippen LogP contribution is 2.57. The molecule has 0 atom stereocenters. The number of amides is 2. The average Bonchev–Trinajstić information content (AvgIpc) is 3.24. The van der Waals surface area contributed by atoms with Gasteiger partial charge in [0.2, 0.25) is 5.92 Å². The van der Waals surface area contributed by atoms with Crippen molar-refractivity contribution in [2.45, 2.75) is 68.9 Å². The van der Waals surface area contributed by atoms with E-state index in [2.05, 4.69) is 15.2 Å². The molecule has 5 aliphatic rings. The molecule has 2 spiro atoms. The van der Waals surface area contributed by atoms with Crippen LogP contribution in [0.15, 0.2) is 18.2 Å². The van der Waals surface area contributed by atoms with Crippen molar-refractivity contribution in [1.82, 2.24) is 25.0 Å². The predicted molar refractivity (Wildman–Crippen MR) is 131 cm³/mol. The molecule has 3 saturated carbocycles. The third-order valence-electron chi connectivity index (χ3n) is 9.84. The zero-order valence-corrected chi connectivity index (χ0v) is 21.8. The maximum absolute atomic E-state index is 13.3. The number of likely N-dealkylation sites (tertiary alicyclic amines) is 2. The van der Waals surface area contributed by atoms with Gasteiger partial charge in [0.1, 0.15) is 5.82 Å². The summed E-state index contributed by atoms with van der Waals surface area (Å²) in [6, 6.07) is 5.63. The first-order valence-corrected chi connectivity index (χ1v) is 13.8. The number of aromatic amines is 1. The Kier molecular flexibility index (Phi) is 5.40. The molecule has 3 heterocycles. The SMILES string of the molecule is N#Cc1ccc(CC2CC3(C2)CN(C(=O)N2CC4(CC(c5nc(C6CC(F)(F)C6)n[nH]5)C4)C2)C3)cc1C(F)(F)F. The third-order valence-corrected chi connectivity index (χ3v) is 9.84. The zero-order valence-electron chi connectivity index (χ0n) is 21.8. The summed E-state index contributed by atoms with van der Waals surface area (Å²) in [4.78, 5) is 21.2. The number of carbonyl (C=O) groups is 1. The first-order valence-electron chi connectivity index (χ1n) is 13.8. The van der Waals surface area contributed by atoms with E-state index in [9.17, 15) is 26.7 Å². The Balaban J connectivity index is 0.846. The van der Waals surface area contributed by atoms with Crippen molar-refractivity contribution in [3.05, 3.63) is 46.5 Å². The summed E-state index contributed by atoms with van der Waals surface area (Å²) in [5.74, 6) is -1.11. The standard InChI is InChI=1S/C28H29F5N6O/c29-27(30)9-20(10-27)23-35-22(36-37-23)19-7-26(8-19)14-39(15-26)24(40)38-12-25(13-38)5-17(6-25)3-16-1-2-18(11-34)21(4-16)28(31,32)33/h1-2,4,17,19-20H,3,5-10,12-15H2,(H,35,36,37). The molecule has 212 valence electrons. The number of halogens is 5. The molecule has 1 N–H and O–H groups in total. The van der Waals surface area contributed by atoms with Crippen molar-refractivity contribution >= 4 is 6.03 Å². The monoisotopic (exact) mass is 560 g/mol. The number of rotatable bonds is 4. The van der Waals surface area contributed by atoms with Gasteiger partial charge in [0.25, 0.3) is 0 Å². The van der Waals surface area contributed by atoms with Gasteiger partial charge in [-0.2, -0.15) is 23.5 Å². The number of aromatic nitrogens is 3. The van der Waals surface area contributed by atoms with E-state index < -0.39 is 17.7 Å². The Morgan fingerprint density at radius 2 is 1.62 bits per heavy atom. The molecule has 2 aromatic rings. The highest BCUT2D eigenvalue weighted by molar-refractivity contribution is 5.77. The average molecular weight is 561 g/mol. The smallest absolute Gasteiger partial charge is 0.323 e. The number of hydrogen-bond donors (Lipinski definition) is 1. The first-order chi connectivity index (χ1) is 18.8. The van der Waals surface area contributed by atoms with E-state index in [0.717, 1.165) is 37.6 Å². The quantitative estimate of drug-likeness (QED) is 0.503. The van der Waals surface area contributed by atoms with Gasteiger partial charge in [0, 0.05) is 61.7 Å². The molecule has 0 radical (unpaired) electrons. The van der Waals surface area contributed by atoms with Crippen LogP contribution in [0.1, 0.15) is 78.7 Å². The summed E-state index contributed by atoms with van der Waals surface area (Å²) < 4.78 is 66.1. The normalized spacial score (nSPS) is 25.0. The number of alkyl halides is 5. The van der Waals surface area contributed by atoms with Crippen LogP contribution in [-0.4, -0.2) is 63.1 Å². The maximum atomic E-state index is 13.3. The number of carbonyl (C=O) groups excluding carboxylic acids is 1. The lowest BCUT2D eigenvalue weighted by atomic mass is 9.56. The van der Waals surface area contributed by atoms with Crippen LogP contribution < -0.4 is 0 Å². The van der Waals surface area contributed by atoms with E-state index in [1.807, 2.05) is 9.80 Å². The molecule has 1 aromatic carbocycles. The van der Waals surface area contributed by atoms with Crippen LogP contribution in [-0.2, 0) is 12.6 Å². The van der Waals surface area contributed by atoms with Crippen molar-refractivity contribution in [1.29, 1.82) is 5.26 Å². The summed E-state index contributed by atoms with van der Waals surface area (Å²) in [7, 11) is 0. The number of nitrogens with one attached hydrogen (secondary N) is 1. The van der Waals surface area contributed by atoms with Crippen LogP contribution in [0.4, 0.5) is 26.7 Å². The molecule has 0 unspecified atom stereocenters. The Bertz CT molecular complexity index is 1380. The molecule has 12 heteroatoms. The van der Waals surface area contributed by atoms with Gasteiger partial charge < -0.3 is 9.80 Å². The number of hydrogen-bond acceptors (Lipinski definition) is 4. The van der Waals surface area contributed by atoms with Gasteiger partial charge in [0.05, 0.1) is 17.2 Å². The molecule has 2 amide bonds. The molecular formula is C28H29F5N6O. The van der Waals surface area contributed by atoms with Crippen molar-refractivity contribution < 1.29 is 26.7 Å². The van der Waals surface area contributed by atoms with Crippen LogP contribution in [0.25, 0.3) is 0 Å². The van der Waals surface area contributed by atoms with Crippen LogP contribution >= 0.6 is 0 Å². The topological polar surface area (TPSA) is 88.9 Å². The first kappa shape index (κ1) is 25.7. The fraction of sp³-hybridized carbons (Fsp3) is 0.643. The van der Waals surface area contributed by atoms with Gasteiger partial charge >= 0.3 is 12.2 Å². The van der Waals surface area contributed by atoms with Gasteiger partial charge in [-0.3, -0.25) is 5.10 Å². The van der Waals surface area contributed by atoms with Crippen LogP contribution in [0.2, 0.25) is 0 Å². The molecule has 5 fully saturated rings. The molecule has 3 aliphatic carbocycles. The van der Waals surface area contributed by atoms with Gasteiger partial charge in [-0.1, -0.05) is 6.07 Å². The van der Waals surface area contributed by atoms with E-state index >= 15 is 0 Å². The van der Waals surface area contributed by atoms with Crippen LogP contribution in [0.5, 0.6) is 0 Å². The summed E-state index contributed by atoms with van der Waals surface area (Å²) in [5, 5.41) is 16.1. The van der Waals surface area contributed by atoms with Gasteiger partial charge in [-0.15, -0.1) is 0 Å². The van der Waals surface area contributed by atoms with Crippen molar-refractivity contribution in [3.8, 4) is 6.07 Å². The molecule has 2 saturated heterocycles. The minimum atomic E-state index is -4.55. The third kappa shape index (κ3) is 4.23. The number of benzene rings is 1. The molecule has 7 nitrogen and oxygen atoms in total. The lowest BCUT2D eigenvalue weighted by molar-refractivity contribution is -0.137. The molecule has 2 aliphatic heterocycles. The number of urea groups is 1. The lowest BCUT2D eigenvalue weighted by Crippen LogP contribution is -2.70. The van der Waals surface area contributed by atoms with E-state index in [0.29, 0.717) is 44.0 Å². The second-order valence-corrected chi connectivity index (χ2v) is 13.1. The van der Waals surface area contributed by atoms with Crippen LogP contribution in [0, 0.1) is 28.1 Å². The molecule has 0 bridgehead atoms. The summed E-state index contributed by atoms with van der Waals surface area (Å²) >= 11 is 0. The second-order valence-electron chi connectivity index (χ2n) is 13.1. The summed E-state index contributed by atoms with van der Waals surface area (Å²) in [6.45, 7) is 2.81. The van der Waals surface area contributed by atoms with Gasteiger partial charge in [0.15, 0.2) is 5.82 Å². The molecule has 40 heavy (non-hydrogen) atoms. The fourth-order valence-corrected chi connectivity index (χ4v) is 7.88. The van der Waals surface area contributed by atoms with Gasteiger partial charge in [-0.05, 0) is 55.7 Å². The van der Waals surface area contributed by atoms with Crippen molar-refractivity contribution in [2.24, 2.45) is 16.7 Å². The van der Waals surface area contributed by atoms with E-state index in [1.54, 1.807) is 12.1 Å². The van der Waals surface area contributed by atoms with Gasteiger partial charge in [-0.25, -0.2) is 18.6 Å². The molecular weight excluding hydrogens is 531 g/mol. The predicted octanol–water partition coefficient (Wildman–Crippen LogP) is 5.46. The molecule has 1 aromatic heterocycles. The largest absolute Gasteiger partial charge is 0.417 e. The minimum Gasteiger partial charge on any atom is -0.323 e. The number of H-pyrrole nitrogens is 1. The van der Waals surface area contributed by atoms with Crippen LogP contribution in [0.3, 0.4) is 0 Å². The molecule has 7 rings (SSSR count). The second kappa shape index (κ2) is 8.40. The Morgan fingerprint density at radius 3 is 2.20 bits per heavy atom. The Labute approximate surface area is 227 Å². The summed E-state index contributed by atoms with van der Waals surface area (Å²) in [6.07, 6.45) is -0.789. The number of nitriles is 1. The highest BCUT2D eigenvalue weighted by atomic mass is 19.4. The summed E-state index contributed by atoms with van der Waals surface area (Å²) in [5.41, 5.74) is -0.450. The van der Waals surface area contributed by atoms with Crippen molar-refractivity contribution in [2.75, 3.05) is 26.2 Å². The van der Waals surface area contributed by atoms with E-state index in [-0.39, 0.29) is 53.0 Å². The maximum Gasteiger partial charge on any atom is 0.417 e.